The molecule has 8 nitrogen and oxygen atoms in total. The number of fused-ring (bicyclic) bond motifs is 1. The average Bonchev–Trinajstić information content (AvgIpc) is 3.17. The topological polar surface area (TPSA) is 91.7 Å². The number of hydrogen-bond donors (Lipinski definition) is 1. The minimum Gasteiger partial charge on any atom is -0.485 e. The van der Waals surface area contributed by atoms with Crippen molar-refractivity contribution in [2.75, 3.05) is 18.5 Å². The summed E-state index contributed by atoms with van der Waals surface area (Å²) in [4.78, 5) is 25.2. The molecule has 8 heteroatoms. The van der Waals surface area contributed by atoms with E-state index in [1.807, 2.05) is 36.4 Å². The van der Waals surface area contributed by atoms with Crippen molar-refractivity contribution in [2.24, 2.45) is 0 Å². The second-order valence-corrected chi connectivity index (χ2v) is 6.23. The van der Waals surface area contributed by atoms with Gasteiger partial charge in [-0.25, -0.2) is 9.48 Å². The molecule has 1 N–H and O–H groups in total. The first-order valence-electron chi connectivity index (χ1n) is 9.17. The maximum Gasteiger partial charge on any atom is 0.343 e. The van der Waals surface area contributed by atoms with Gasteiger partial charge in [0.05, 0.1) is 18.5 Å². The van der Waals surface area contributed by atoms with Crippen LogP contribution in [-0.4, -0.2) is 41.0 Å². The number of hydrogen-bond acceptors (Lipinski definition) is 6. The Morgan fingerprint density at radius 2 is 1.86 bits per heavy atom. The molecule has 2 heterocycles. The van der Waals surface area contributed by atoms with E-state index in [4.69, 9.17) is 14.2 Å². The van der Waals surface area contributed by atoms with E-state index in [9.17, 15) is 9.59 Å². The Kier molecular flexibility index (Phi) is 5.15. The van der Waals surface area contributed by atoms with Crippen LogP contribution in [0.3, 0.4) is 0 Å². The van der Waals surface area contributed by atoms with Crippen LogP contribution in [0.4, 0.5) is 5.82 Å². The zero-order chi connectivity index (χ0) is 20.2. The summed E-state index contributed by atoms with van der Waals surface area (Å²) in [5.74, 6) is 0.250. The Hall–Kier alpha value is -3.81. The lowest BCUT2D eigenvalue weighted by Gasteiger charge is -2.25. The van der Waals surface area contributed by atoms with Crippen molar-refractivity contribution in [3.05, 3.63) is 66.4 Å². The molecule has 0 radical (unpaired) electrons. The fraction of sp³-hybridized carbons (Fsp3) is 0.190. The summed E-state index contributed by atoms with van der Waals surface area (Å²) < 4.78 is 17.9. The summed E-state index contributed by atoms with van der Waals surface area (Å²) >= 11 is 0. The normalized spacial score (nSPS) is 14.9. The summed E-state index contributed by atoms with van der Waals surface area (Å²) in [5, 5.41) is 7.01. The quantitative estimate of drug-likeness (QED) is 0.670. The SMILES string of the molecule is CCOC(=O)c1cnn(-c2ccccc2)c1NC(=O)C1COc2ccccc2O1. The highest BCUT2D eigenvalue weighted by Gasteiger charge is 2.30. The summed E-state index contributed by atoms with van der Waals surface area (Å²) in [6.45, 7) is 1.97. The van der Waals surface area contributed by atoms with E-state index in [0.29, 0.717) is 17.2 Å². The maximum atomic E-state index is 12.9. The smallest absolute Gasteiger partial charge is 0.343 e. The number of nitrogens with zero attached hydrogens (tertiary/aromatic N) is 2. The maximum absolute atomic E-state index is 12.9. The Bertz CT molecular complexity index is 1030. The van der Waals surface area contributed by atoms with E-state index in [1.54, 1.807) is 25.1 Å². The third-order valence-corrected chi connectivity index (χ3v) is 4.31. The number of para-hydroxylation sites is 3. The molecule has 1 aliphatic rings. The second-order valence-electron chi connectivity index (χ2n) is 6.23. The molecule has 1 aliphatic heterocycles. The number of anilines is 1. The van der Waals surface area contributed by atoms with Crippen molar-refractivity contribution >= 4 is 17.7 Å². The van der Waals surface area contributed by atoms with Gasteiger partial charge in [-0.1, -0.05) is 30.3 Å². The van der Waals surface area contributed by atoms with Crippen molar-refractivity contribution in [3.8, 4) is 17.2 Å². The number of carbonyl (C=O) groups excluding carboxylic acids is 2. The number of benzene rings is 2. The molecule has 1 aromatic heterocycles. The lowest BCUT2D eigenvalue weighted by molar-refractivity contribution is -0.125. The van der Waals surface area contributed by atoms with Gasteiger partial charge in [0, 0.05) is 0 Å². The minimum absolute atomic E-state index is 0.0526. The van der Waals surface area contributed by atoms with Gasteiger partial charge in [0.2, 0.25) is 6.10 Å². The molecule has 4 rings (SSSR count). The van der Waals surface area contributed by atoms with Crippen LogP contribution in [-0.2, 0) is 9.53 Å². The zero-order valence-electron chi connectivity index (χ0n) is 15.7. The molecule has 3 aromatic rings. The van der Waals surface area contributed by atoms with Crippen LogP contribution in [0.1, 0.15) is 17.3 Å². The molecular formula is C21H19N3O5. The predicted octanol–water partition coefficient (Wildman–Crippen LogP) is 2.83. The lowest BCUT2D eigenvalue weighted by atomic mass is 10.2. The monoisotopic (exact) mass is 393 g/mol. The first-order valence-corrected chi connectivity index (χ1v) is 9.17. The lowest BCUT2D eigenvalue weighted by Crippen LogP contribution is -2.40. The molecule has 0 bridgehead atoms. The van der Waals surface area contributed by atoms with E-state index in [1.165, 1.54) is 10.9 Å². The third kappa shape index (κ3) is 3.77. The zero-order valence-corrected chi connectivity index (χ0v) is 15.7. The van der Waals surface area contributed by atoms with E-state index in [2.05, 4.69) is 10.4 Å². The number of esters is 1. The van der Waals surface area contributed by atoms with Crippen molar-refractivity contribution in [2.45, 2.75) is 13.0 Å². The van der Waals surface area contributed by atoms with Crippen LogP contribution in [0.5, 0.6) is 11.5 Å². The predicted molar refractivity (Wildman–Crippen MR) is 105 cm³/mol. The molecule has 0 fully saturated rings. The first kappa shape index (κ1) is 18.5. The number of nitrogens with one attached hydrogen (secondary N) is 1. The van der Waals surface area contributed by atoms with Gasteiger partial charge in [-0.05, 0) is 31.2 Å². The van der Waals surface area contributed by atoms with Crippen LogP contribution in [0.2, 0.25) is 0 Å². The number of carbonyl (C=O) groups is 2. The van der Waals surface area contributed by atoms with Crippen molar-refractivity contribution in [3.63, 3.8) is 0 Å². The van der Waals surface area contributed by atoms with E-state index in [-0.39, 0.29) is 24.6 Å². The number of aromatic nitrogens is 2. The molecule has 1 atom stereocenters. The molecule has 148 valence electrons. The number of amides is 1. The van der Waals surface area contributed by atoms with E-state index < -0.39 is 18.0 Å². The van der Waals surface area contributed by atoms with Crippen LogP contribution in [0.15, 0.2) is 60.8 Å². The van der Waals surface area contributed by atoms with Crippen LogP contribution in [0, 0.1) is 0 Å². The van der Waals surface area contributed by atoms with Crippen molar-refractivity contribution in [1.29, 1.82) is 0 Å². The summed E-state index contributed by atoms with van der Waals surface area (Å²) in [7, 11) is 0. The molecule has 0 saturated carbocycles. The van der Waals surface area contributed by atoms with Crippen LogP contribution < -0.4 is 14.8 Å². The van der Waals surface area contributed by atoms with Gasteiger partial charge in [-0.3, -0.25) is 4.79 Å². The third-order valence-electron chi connectivity index (χ3n) is 4.31. The summed E-state index contributed by atoms with van der Waals surface area (Å²) in [6, 6.07) is 16.3. The summed E-state index contributed by atoms with van der Waals surface area (Å²) in [5.41, 5.74) is 0.839. The van der Waals surface area contributed by atoms with Crippen molar-refractivity contribution < 1.29 is 23.8 Å². The van der Waals surface area contributed by atoms with Crippen molar-refractivity contribution in [1.82, 2.24) is 9.78 Å². The molecule has 0 saturated heterocycles. The highest BCUT2D eigenvalue weighted by molar-refractivity contribution is 6.02. The van der Waals surface area contributed by atoms with Crippen LogP contribution in [0.25, 0.3) is 5.69 Å². The standard InChI is InChI=1S/C21H19N3O5/c1-2-27-21(26)15-12-22-24(14-8-4-3-5-9-14)19(15)23-20(25)18-13-28-16-10-6-7-11-17(16)29-18/h3-12,18H,2,13H2,1H3,(H,23,25). The van der Waals surface area contributed by atoms with Gasteiger partial charge < -0.3 is 19.5 Å². The Labute approximate surface area is 167 Å². The highest BCUT2D eigenvalue weighted by atomic mass is 16.6. The fourth-order valence-corrected chi connectivity index (χ4v) is 2.94. The second kappa shape index (κ2) is 8.05. The molecule has 0 spiro atoms. The Morgan fingerprint density at radius 1 is 1.14 bits per heavy atom. The van der Waals surface area contributed by atoms with Gasteiger partial charge in [-0.2, -0.15) is 5.10 Å². The van der Waals surface area contributed by atoms with Gasteiger partial charge in [0.1, 0.15) is 12.2 Å². The number of rotatable bonds is 5. The fourth-order valence-electron chi connectivity index (χ4n) is 2.94. The van der Waals surface area contributed by atoms with E-state index >= 15 is 0 Å². The molecule has 2 aromatic carbocycles. The Morgan fingerprint density at radius 3 is 2.62 bits per heavy atom. The minimum atomic E-state index is -0.876. The van der Waals surface area contributed by atoms with Gasteiger partial charge >= 0.3 is 5.97 Å². The molecule has 1 amide bonds. The highest BCUT2D eigenvalue weighted by Crippen LogP contribution is 2.31. The van der Waals surface area contributed by atoms with Gasteiger partial charge in [0.25, 0.3) is 5.91 Å². The average molecular weight is 393 g/mol. The van der Waals surface area contributed by atoms with Crippen LogP contribution >= 0.6 is 0 Å². The first-order chi connectivity index (χ1) is 14.2. The number of ether oxygens (including phenoxy) is 3. The van der Waals surface area contributed by atoms with Gasteiger partial charge in [-0.15, -0.1) is 0 Å². The van der Waals surface area contributed by atoms with Gasteiger partial charge in [0.15, 0.2) is 17.3 Å². The molecule has 1 unspecified atom stereocenters. The summed E-state index contributed by atoms with van der Waals surface area (Å²) in [6.07, 6.45) is 0.493. The Balaban J connectivity index is 1.62. The molecule has 0 aliphatic carbocycles. The molecular weight excluding hydrogens is 374 g/mol. The molecule has 29 heavy (non-hydrogen) atoms. The van der Waals surface area contributed by atoms with E-state index in [0.717, 1.165) is 0 Å². The largest absolute Gasteiger partial charge is 0.485 e.